The normalized spacial score (nSPS) is 11.9. The van der Waals surface area contributed by atoms with Crippen LogP contribution in [0, 0.1) is 0 Å². The Hall–Kier alpha value is -1.94. The van der Waals surface area contributed by atoms with E-state index in [9.17, 15) is 9.90 Å². The molecule has 0 amide bonds. The third-order valence-electron chi connectivity index (χ3n) is 3.39. The summed E-state index contributed by atoms with van der Waals surface area (Å²) < 4.78 is 5.11. The Kier molecular flexibility index (Phi) is 6.34. The predicted molar refractivity (Wildman–Crippen MR) is 89.7 cm³/mol. The zero-order valence-corrected chi connectivity index (χ0v) is 13.4. The first-order chi connectivity index (χ1) is 10.7. The Morgan fingerprint density at radius 1 is 1.14 bits per heavy atom. The van der Waals surface area contributed by atoms with Crippen LogP contribution in [0.1, 0.15) is 18.4 Å². The van der Waals surface area contributed by atoms with Crippen molar-refractivity contribution in [2.45, 2.75) is 29.4 Å². The number of carboxylic acid groups (broad SMARTS) is 1. The number of carbonyl (C=O) groups is 1. The van der Waals surface area contributed by atoms with Crippen LogP contribution in [-0.2, 0) is 11.2 Å². The molecule has 0 saturated carbocycles. The van der Waals surface area contributed by atoms with Gasteiger partial charge in [-0.3, -0.25) is 4.79 Å². The molecule has 0 fully saturated rings. The van der Waals surface area contributed by atoms with Crippen molar-refractivity contribution in [3.05, 3.63) is 60.2 Å². The van der Waals surface area contributed by atoms with E-state index in [4.69, 9.17) is 4.74 Å². The summed E-state index contributed by atoms with van der Waals surface area (Å²) in [6.07, 6.45) is 2.43. The lowest BCUT2D eigenvalue weighted by Gasteiger charge is -2.12. The van der Waals surface area contributed by atoms with E-state index in [0.29, 0.717) is 6.42 Å². The first kappa shape index (κ1) is 16.4. The highest BCUT2D eigenvalue weighted by Crippen LogP contribution is 2.28. The van der Waals surface area contributed by atoms with Gasteiger partial charge in [0.2, 0.25) is 0 Å². The highest BCUT2D eigenvalue weighted by atomic mass is 32.2. The average Bonchev–Trinajstić information content (AvgIpc) is 2.55. The van der Waals surface area contributed by atoms with Crippen molar-refractivity contribution in [1.29, 1.82) is 0 Å². The SMILES string of the molecule is COc1ccc(SC(CCCc2ccccc2)C(=O)O)cc1. The van der Waals surface area contributed by atoms with Gasteiger partial charge in [0.15, 0.2) is 0 Å². The standard InChI is InChI=1S/C18H20O3S/c1-21-15-10-12-16(13-11-15)22-17(18(19)20)9-5-8-14-6-3-2-4-7-14/h2-4,6-7,10-13,17H,5,8-9H2,1H3,(H,19,20). The summed E-state index contributed by atoms with van der Waals surface area (Å²) in [5.74, 6) is 0.0224. The van der Waals surface area contributed by atoms with Gasteiger partial charge in [0.05, 0.1) is 7.11 Å². The topological polar surface area (TPSA) is 46.5 Å². The van der Waals surface area contributed by atoms with Crippen molar-refractivity contribution >= 4 is 17.7 Å². The third-order valence-corrected chi connectivity index (χ3v) is 4.65. The molecule has 0 aliphatic carbocycles. The number of hydrogen-bond donors (Lipinski definition) is 1. The van der Waals surface area contributed by atoms with Crippen LogP contribution in [0.15, 0.2) is 59.5 Å². The summed E-state index contributed by atoms with van der Waals surface area (Å²) in [5.41, 5.74) is 1.25. The van der Waals surface area contributed by atoms with E-state index in [1.807, 2.05) is 42.5 Å². The molecule has 0 bridgehead atoms. The van der Waals surface area contributed by atoms with Crippen molar-refractivity contribution in [3.8, 4) is 5.75 Å². The Bertz CT molecular complexity index is 581. The summed E-state index contributed by atoms with van der Waals surface area (Å²) >= 11 is 1.40. The Balaban J connectivity index is 1.88. The molecular formula is C18H20O3S. The number of benzene rings is 2. The summed E-state index contributed by atoms with van der Waals surface area (Å²) in [6, 6.07) is 17.7. The van der Waals surface area contributed by atoms with Crippen LogP contribution in [0.25, 0.3) is 0 Å². The molecule has 0 aliphatic rings. The van der Waals surface area contributed by atoms with Crippen LogP contribution >= 0.6 is 11.8 Å². The molecular weight excluding hydrogens is 296 g/mol. The smallest absolute Gasteiger partial charge is 0.316 e. The second kappa shape index (κ2) is 8.49. The quantitative estimate of drug-likeness (QED) is 0.739. The van der Waals surface area contributed by atoms with Crippen molar-refractivity contribution < 1.29 is 14.6 Å². The number of carboxylic acids is 1. The van der Waals surface area contributed by atoms with Gasteiger partial charge < -0.3 is 9.84 Å². The van der Waals surface area contributed by atoms with E-state index in [-0.39, 0.29) is 0 Å². The van der Waals surface area contributed by atoms with Gasteiger partial charge in [0.25, 0.3) is 0 Å². The van der Waals surface area contributed by atoms with E-state index in [1.54, 1.807) is 7.11 Å². The number of thioether (sulfide) groups is 1. The number of aliphatic carboxylic acids is 1. The first-order valence-electron chi connectivity index (χ1n) is 7.26. The summed E-state index contributed by atoms with van der Waals surface area (Å²) in [4.78, 5) is 12.4. The number of hydrogen-bond acceptors (Lipinski definition) is 3. The fraction of sp³-hybridized carbons (Fsp3) is 0.278. The molecule has 0 aromatic heterocycles. The molecule has 3 nitrogen and oxygen atoms in total. The molecule has 116 valence electrons. The molecule has 1 unspecified atom stereocenters. The number of ether oxygens (including phenoxy) is 1. The van der Waals surface area contributed by atoms with E-state index in [2.05, 4.69) is 12.1 Å². The van der Waals surface area contributed by atoms with Crippen molar-refractivity contribution in [1.82, 2.24) is 0 Å². The van der Waals surface area contributed by atoms with E-state index < -0.39 is 11.2 Å². The Morgan fingerprint density at radius 3 is 2.41 bits per heavy atom. The predicted octanol–water partition coefficient (Wildman–Crippen LogP) is 4.26. The molecule has 2 rings (SSSR count). The maximum absolute atomic E-state index is 11.4. The van der Waals surface area contributed by atoms with Gasteiger partial charge in [0.1, 0.15) is 11.0 Å². The molecule has 1 N–H and O–H groups in total. The second-order valence-electron chi connectivity index (χ2n) is 5.00. The fourth-order valence-corrected chi connectivity index (χ4v) is 3.19. The third kappa shape index (κ3) is 5.11. The molecule has 0 heterocycles. The number of methoxy groups -OCH3 is 1. The molecule has 22 heavy (non-hydrogen) atoms. The van der Waals surface area contributed by atoms with Crippen LogP contribution in [-0.4, -0.2) is 23.4 Å². The van der Waals surface area contributed by atoms with Crippen LogP contribution in [0.2, 0.25) is 0 Å². The zero-order chi connectivity index (χ0) is 15.8. The van der Waals surface area contributed by atoms with Gasteiger partial charge in [-0.05, 0) is 49.1 Å². The maximum atomic E-state index is 11.4. The molecule has 0 spiro atoms. The summed E-state index contributed by atoms with van der Waals surface area (Å²) in [5, 5.41) is 8.97. The van der Waals surface area contributed by atoms with Crippen molar-refractivity contribution in [2.24, 2.45) is 0 Å². The van der Waals surface area contributed by atoms with Crippen LogP contribution in [0.4, 0.5) is 0 Å². The molecule has 0 aliphatic heterocycles. The molecule has 2 aromatic carbocycles. The minimum absolute atomic E-state index is 0.419. The highest BCUT2D eigenvalue weighted by molar-refractivity contribution is 8.00. The van der Waals surface area contributed by atoms with Gasteiger partial charge in [-0.2, -0.15) is 0 Å². The molecule has 2 aromatic rings. The lowest BCUT2D eigenvalue weighted by atomic mass is 10.1. The van der Waals surface area contributed by atoms with Crippen LogP contribution < -0.4 is 4.74 Å². The average molecular weight is 316 g/mol. The molecule has 0 saturated heterocycles. The first-order valence-corrected chi connectivity index (χ1v) is 8.14. The van der Waals surface area contributed by atoms with E-state index in [0.717, 1.165) is 23.5 Å². The van der Waals surface area contributed by atoms with Gasteiger partial charge >= 0.3 is 5.97 Å². The van der Waals surface area contributed by atoms with Gasteiger partial charge in [-0.25, -0.2) is 0 Å². The summed E-state index contributed by atoms with van der Waals surface area (Å²) in [7, 11) is 1.62. The Labute approximate surface area is 135 Å². The van der Waals surface area contributed by atoms with Gasteiger partial charge in [-0.15, -0.1) is 11.8 Å². The molecule has 1 atom stereocenters. The zero-order valence-electron chi connectivity index (χ0n) is 12.6. The number of rotatable bonds is 8. The second-order valence-corrected chi connectivity index (χ2v) is 6.27. The van der Waals surface area contributed by atoms with Crippen LogP contribution in [0.5, 0.6) is 5.75 Å². The molecule has 0 radical (unpaired) electrons. The van der Waals surface area contributed by atoms with E-state index in [1.165, 1.54) is 17.3 Å². The monoisotopic (exact) mass is 316 g/mol. The van der Waals surface area contributed by atoms with Crippen molar-refractivity contribution in [2.75, 3.05) is 7.11 Å². The Morgan fingerprint density at radius 2 is 1.82 bits per heavy atom. The van der Waals surface area contributed by atoms with Gasteiger partial charge in [0, 0.05) is 4.90 Å². The van der Waals surface area contributed by atoms with Crippen LogP contribution in [0.3, 0.4) is 0 Å². The maximum Gasteiger partial charge on any atom is 0.316 e. The minimum Gasteiger partial charge on any atom is -0.497 e. The van der Waals surface area contributed by atoms with E-state index >= 15 is 0 Å². The summed E-state index contributed by atoms with van der Waals surface area (Å²) in [6.45, 7) is 0. The highest BCUT2D eigenvalue weighted by Gasteiger charge is 2.18. The lowest BCUT2D eigenvalue weighted by Crippen LogP contribution is -2.16. The molecule has 4 heteroatoms. The minimum atomic E-state index is -0.756. The number of aryl methyl sites for hydroxylation is 1. The largest absolute Gasteiger partial charge is 0.497 e. The van der Waals surface area contributed by atoms with Crippen molar-refractivity contribution in [3.63, 3.8) is 0 Å². The fourth-order valence-electron chi connectivity index (χ4n) is 2.19. The van der Waals surface area contributed by atoms with Gasteiger partial charge in [-0.1, -0.05) is 30.3 Å². The lowest BCUT2D eigenvalue weighted by molar-refractivity contribution is -0.136.